The van der Waals surface area contributed by atoms with E-state index in [1.165, 1.54) is 17.8 Å². The smallest absolute Gasteiger partial charge is 0.274 e. The Morgan fingerprint density at radius 2 is 1.65 bits per heavy atom. The van der Waals surface area contributed by atoms with Gasteiger partial charge in [-0.1, -0.05) is 25.1 Å². The zero-order valence-corrected chi connectivity index (χ0v) is 30.8. The summed E-state index contributed by atoms with van der Waals surface area (Å²) in [5.41, 5.74) is 22.7. The number of aromatic nitrogens is 4. The number of primary amides is 1. The van der Waals surface area contributed by atoms with Gasteiger partial charge in [-0.3, -0.25) is 33.9 Å². The molecule has 2 rings (SSSR count). The van der Waals surface area contributed by atoms with Gasteiger partial charge in [-0.2, -0.15) is 11.8 Å². The van der Waals surface area contributed by atoms with E-state index in [2.05, 4.69) is 41.6 Å². The lowest BCUT2D eigenvalue weighted by atomic mass is 10.0. The van der Waals surface area contributed by atoms with Crippen LogP contribution in [0.3, 0.4) is 0 Å². The van der Waals surface area contributed by atoms with E-state index in [1.807, 2.05) is 20.1 Å². The predicted octanol–water partition coefficient (Wildman–Crippen LogP) is -2.49. The molecule has 0 saturated carbocycles. The standard InChI is InChI=1S/C32H53N13O6S/c1-18(2)13-23(27(34)47)41-28(48)22(8-6-11-38-32(35)36)40-30(50)25-17-45(44-43-25)16-21(9-12-52-4)39-29(49)24(14-20-7-5-10-37-15-20)42-31(51)26(33)19(3)46/h5,7,10,15,17-19,21-24,26,46H,6,8-9,11-14,16,33H2,1-4H3,(H2,34,47)(H,39,49)(H,40,50)(H,41,48)(H,42,51)(H4,35,36,38)/t19-,21+,22+,23+,24+,26+/m1/s1. The van der Waals surface area contributed by atoms with E-state index in [0.717, 1.165) is 0 Å². The van der Waals surface area contributed by atoms with Crippen molar-refractivity contribution in [2.75, 3.05) is 18.6 Å². The Morgan fingerprint density at radius 1 is 0.962 bits per heavy atom. The maximum atomic E-state index is 13.6. The predicted molar refractivity (Wildman–Crippen MR) is 196 cm³/mol. The molecule has 2 heterocycles. The van der Waals surface area contributed by atoms with Crippen LogP contribution in [0.25, 0.3) is 0 Å². The summed E-state index contributed by atoms with van der Waals surface area (Å²) in [6.07, 6.45) is 6.71. The van der Waals surface area contributed by atoms with E-state index >= 15 is 0 Å². The number of carbonyl (C=O) groups excluding carboxylic acids is 5. The average molecular weight is 748 g/mol. The van der Waals surface area contributed by atoms with E-state index in [1.54, 1.807) is 36.3 Å². The summed E-state index contributed by atoms with van der Waals surface area (Å²) in [4.78, 5) is 72.9. The van der Waals surface area contributed by atoms with Crippen molar-refractivity contribution in [3.05, 3.63) is 42.0 Å². The van der Waals surface area contributed by atoms with E-state index in [4.69, 9.17) is 22.9 Å². The minimum absolute atomic E-state index is 0.0615. The summed E-state index contributed by atoms with van der Waals surface area (Å²) in [5.74, 6) is -2.60. The molecule has 20 heteroatoms. The number of hydrogen-bond donors (Lipinski definition) is 9. The molecule has 0 unspecified atom stereocenters. The van der Waals surface area contributed by atoms with Crippen LogP contribution < -0.4 is 44.2 Å². The van der Waals surface area contributed by atoms with Crippen molar-refractivity contribution in [2.24, 2.45) is 33.8 Å². The fourth-order valence-corrected chi connectivity index (χ4v) is 5.45. The average Bonchev–Trinajstić information content (AvgIpc) is 3.56. The van der Waals surface area contributed by atoms with Crippen molar-refractivity contribution < 1.29 is 29.1 Å². The highest BCUT2D eigenvalue weighted by atomic mass is 32.2. The molecule has 0 radical (unpaired) electrons. The number of guanidine groups is 1. The summed E-state index contributed by atoms with van der Waals surface area (Å²) < 4.78 is 1.39. The molecule has 2 aromatic heterocycles. The lowest BCUT2D eigenvalue weighted by Gasteiger charge is -2.25. The molecule has 52 heavy (non-hydrogen) atoms. The summed E-state index contributed by atoms with van der Waals surface area (Å²) in [6.45, 7) is 5.46. The van der Waals surface area contributed by atoms with Crippen LogP contribution >= 0.6 is 11.8 Å². The second-order valence-electron chi connectivity index (χ2n) is 12.8. The zero-order chi connectivity index (χ0) is 38.8. The Hall–Kier alpha value is -4.82. The lowest BCUT2D eigenvalue weighted by Crippen LogP contribution is -2.56. The van der Waals surface area contributed by atoms with E-state index < -0.39 is 65.8 Å². The molecule has 6 atom stereocenters. The number of nitrogens with zero attached hydrogens (tertiary/aromatic N) is 5. The Kier molecular flexibility index (Phi) is 18.5. The first-order chi connectivity index (χ1) is 24.6. The number of carbonyl (C=O) groups is 5. The number of aliphatic hydroxyl groups is 1. The van der Waals surface area contributed by atoms with Gasteiger partial charge in [0.1, 0.15) is 24.2 Å². The molecule has 0 spiro atoms. The number of aliphatic hydroxyl groups excluding tert-OH is 1. The van der Waals surface area contributed by atoms with Crippen molar-refractivity contribution >= 4 is 47.3 Å². The highest BCUT2D eigenvalue weighted by Gasteiger charge is 2.29. The van der Waals surface area contributed by atoms with Crippen molar-refractivity contribution in [2.45, 2.75) is 95.7 Å². The molecule has 0 aliphatic carbocycles. The van der Waals surface area contributed by atoms with Gasteiger partial charge < -0.3 is 49.3 Å². The van der Waals surface area contributed by atoms with Crippen LogP contribution in [0.2, 0.25) is 0 Å². The number of hydrogen-bond acceptors (Lipinski definition) is 12. The second-order valence-corrected chi connectivity index (χ2v) is 13.8. The second kappa shape index (κ2) is 22.2. The first kappa shape index (κ1) is 43.3. The molecule has 2 aromatic rings. The van der Waals surface area contributed by atoms with E-state index in [-0.39, 0.29) is 43.5 Å². The van der Waals surface area contributed by atoms with E-state index in [0.29, 0.717) is 30.6 Å². The monoisotopic (exact) mass is 747 g/mol. The van der Waals surface area contributed by atoms with Gasteiger partial charge in [-0.05, 0) is 62.2 Å². The Bertz CT molecular complexity index is 1490. The number of rotatable bonds is 23. The third kappa shape index (κ3) is 15.6. The van der Waals surface area contributed by atoms with Gasteiger partial charge in [0.2, 0.25) is 23.6 Å². The quantitative estimate of drug-likeness (QED) is 0.0323. The lowest BCUT2D eigenvalue weighted by molar-refractivity contribution is -0.131. The first-order valence-corrected chi connectivity index (χ1v) is 18.3. The summed E-state index contributed by atoms with van der Waals surface area (Å²) in [5, 5.41) is 28.7. The number of nitrogens with one attached hydrogen (secondary N) is 4. The fourth-order valence-electron chi connectivity index (χ4n) is 4.93. The van der Waals surface area contributed by atoms with Gasteiger partial charge >= 0.3 is 0 Å². The zero-order valence-electron chi connectivity index (χ0n) is 30.0. The van der Waals surface area contributed by atoms with Crippen LogP contribution in [0.1, 0.15) is 62.5 Å². The SMILES string of the molecule is CSCC[C@@H](Cn1cc(C(=O)N[C@@H](CCCN=C(N)N)C(=O)N[C@@H](CC(C)C)C(N)=O)nn1)NC(=O)[C@H](Cc1cccnc1)NC(=O)[C@@H](N)[C@@H](C)O. The van der Waals surface area contributed by atoms with Crippen molar-refractivity contribution in [1.82, 2.24) is 41.2 Å². The minimum atomic E-state index is -1.25. The third-order valence-corrected chi connectivity index (χ3v) is 8.39. The Balaban J connectivity index is 2.22. The number of nitrogens with two attached hydrogens (primary N) is 4. The first-order valence-electron chi connectivity index (χ1n) is 16.9. The highest BCUT2D eigenvalue weighted by Crippen LogP contribution is 2.10. The van der Waals surface area contributed by atoms with Gasteiger partial charge in [0.05, 0.1) is 18.8 Å². The van der Waals surface area contributed by atoms with Crippen LogP contribution in [0.15, 0.2) is 35.7 Å². The van der Waals surface area contributed by atoms with Crippen LogP contribution in [0.5, 0.6) is 0 Å². The van der Waals surface area contributed by atoms with Gasteiger partial charge in [-0.15, -0.1) is 5.10 Å². The molecular weight excluding hydrogens is 695 g/mol. The molecule has 0 aliphatic rings. The number of amides is 5. The third-order valence-electron chi connectivity index (χ3n) is 7.75. The van der Waals surface area contributed by atoms with E-state index in [9.17, 15) is 29.1 Å². The van der Waals surface area contributed by atoms with Gasteiger partial charge in [0.25, 0.3) is 5.91 Å². The van der Waals surface area contributed by atoms with Gasteiger partial charge in [-0.25, -0.2) is 4.68 Å². The maximum Gasteiger partial charge on any atom is 0.274 e. The molecule has 13 N–H and O–H groups in total. The van der Waals surface area contributed by atoms with Crippen molar-refractivity contribution in [1.29, 1.82) is 0 Å². The molecule has 0 aromatic carbocycles. The molecule has 0 aliphatic heterocycles. The van der Waals surface area contributed by atoms with Gasteiger partial charge in [0.15, 0.2) is 11.7 Å². The molecule has 0 bridgehead atoms. The molecule has 0 saturated heterocycles. The van der Waals surface area contributed by atoms with Crippen LogP contribution in [0, 0.1) is 5.92 Å². The summed E-state index contributed by atoms with van der Waals surface area (Å²) in [7, 11) is 0. The molecule has 288 valence electrons. The molecule has 0 fully saturated rings. The Morgan fingerprint density at radius 3 is 2.25 bits per heavy atom. The summed E-state index contributed by atoms with van der Waals surface area (Å²) in [6, 6.07) is -1.34. The molecule has 19 nitrogen and oxygen atoms in total. The topological polar surface area (TPSA) is 314 Å². The van der Waals surface area contributed by atoms with Crippen LogP contribution in [-0.2, 0) is 32.1 Å². The fraction of sp³-hybridized carbons (Fsp3) is 0.594. The number of aliphatic imine (C=N–C) groups is 1. The molecule has 5 amide bonds. The normalized spacial score (nSPS) is 14.6. The van der Waals surface area contributed by atoms with Gasteiger partial charge in [0, 0.05) is 31.4 Å². The highest BCUT2D eigenvalue weighted by molar-refractivity contribution is 7.98. The van der Waals surface area contributed by atoms with Crippen molar-refractivity contribution in [3.8, 4) is 0 Å². The minimum Gasteiger partial charge on any atom is -0.391 e. The number of thioether (sulfide) groups is 1. The van der Waals surface area contributed by atoms with Crippen molar-refractivity contribution in [3.63, 3.8) is 0 Å². The largest absolute Gasteiger partial charge is 0.391 e. The van der Waals surface area contributed by atoms with Crippen LogP contribution in [-0.4, -0.2) is 115 Å². The molecular formula is C32H53N13O6S. The summed E-state index contributed by atoms with van der Waals surface area (Å²) >= 11 is 1.56. The number of pyridine rings is 1. The maximum absolute atomic E-state index is 13.6. The Labute approximate surface area is 307 Å². The van der Waals surface area contributed by atoms with Crippen LogP contribution in [0.4, 0.5) is 0 Å².